The first-order valence-electron chi connectivity index (χ1n) is 11.0. The van der Waals surface area contributed by atoms with Crippen LogP contribution < -0.4 is 9.47 Å². The molecule has 0 aliphatic heterocycles. The number of phenols is 1. The molecular formula is C27H28O5. The lowest BCUT2D eigenvalue weighted by Crippen LogP contribution is -2.11. The molecule has 0 saturated heterocycles. The predicted octanol–water partition coefficient (Wildman–Crippen LogP) is 6.34. The summed E-state index contributed by atoms with van der Waals surface area (Å²) in [5.74, 6) is -0.0431. The van der Waals surface area contributed by atoms with Gasteiger partial charge >= 0.3 is 11.9 Å². The number of hydrogen-bond donors (Lipinski definition) is 1. The largest absolute Gasteiger partial charge is 0.508 e. The summed E-state index contributed by atoms with van der Waals surface area (Å²) < 4.78 is 11.0. The third-order valence-corrected chi connectivity index (χ3v) is 5.13. The summed E-state index contributed by atoms with van der Waals surface area (Å²) in [4.78, 5) is 24.8. The van der Waals surface area contributed by atoms with Crippen LogP contribution >= 0.6 is 0 Å². The highest BCUT2D eigenvalue weighted by Gasteiger charge is 2.13. The van der Waals surface area contributed by atoms with Crippen molar-refractivity contribution in [2.24, 2.45) is 0 Å². The van der Waals surface area contributed by atoms with Crippen LogP contribution in [0.2, 0.25) is 0 Å². The first-order valence-corrected chi connectivity index (χ1v) is 11.0. The Morgan fingerprint density at radius 1 is 0.719 bits per heavy atom. The van der Waals surface area contributed by atoms with Crippen molar-refractivity contribution in [2.45, 2.75) is 45.4 Å². The molecule has 0 radical (unpaired) electrons. The molecule has 0 saturated carbocycles. The number of phenolic OH excluding ortho intramolecular Hbond substituents is 1. The Morgan fingerprint density at radius 3 is 2.00 bits per heavy atom. The number of unbranched alkanes of at least 4 members (excludes halogenated alkanes) is 4. The van der Waals surface area contributed by atoms with Gasteiger partial charge in [0.05, 0.1) is 11.1 Å². The molecule has 0 unspecified atom stereocenters. The first kappa shape index (κ1) is 23.1. The van der Waals surface area contributed by atoms with Gasteiger partial charge in [-0.2, -0.15) is 0 Å². The van der Waals surface area contributed by atoms with Crippen LogP contribution in [-0.2, 0) is 6.42 Å². The summed E-state index contributed by atoms with van der Waals surface area (Å²) in [6, 6.07) is 19.6. The van der Waals surface area contributed by atoms with Gasteiger partial charge in [0.25, 0.3) is 0 Å². The lowest BCUT2D eigenvalue weighted by molar-refractivity contribution is 0.0729. The van der Waals surface area contributed by atoms with E-state index in [0.29, 0.717) is 22.6 Å². The Morgan fingerprint density at radius 2 is 1.31 bits per heavy atom. The minimum atomic E-state index is -0.548. The predicted molar refractivity (Wildman–Crippen MR) is 123 cm³/mol. The van der Waals surface area contributed by atoms with Crippen molar-refractivity contribution < 1.29 is 24.2 Å². The van der Waals surface area contributed by atoms with Gasteiger partial charge in [-0.05, 0) is 73.0 Å². The molecule has 0 aromatic heterocycles. The molecular weight excluding hydrogens is 404 g/mol. The maximum absolute atomic E-state index is 12.6. The van der Waals surface area contributed by atoms with Crippen molar-refractivity contribution >= 4 is 11.9 Å². The van der Waals surface area contributed by atoms with E-state index in [1.165, 1.54) is 49.9 Å². The molecule has 0 bridgehead atoms. The number of carbonyl (C=O) groups is 2. The SMILES string of the molecule is CCCCCCCc1ccccc1OC(=O)c1ccc(OC(=O)c2ccc(O)cc2)cc1. The van der Waals surface area contributed by atoms with Crippen LogP contribution in [0.3, 0.4) is 0 Å². The Balaban J connectivity index is 1.58. The van der Waals surface area contributed by atoms with Crippen molar-refractivity contribution in [2.75, 3.05) is 0 Å². The second kappa shape index (κ2) is 11.7. The number of benzene rings is 3. The van der Waals surface area contributed by atoms with Gasteiger partial charge in [0, 0.05) is 0 Å². The van der Waals surface area contributed by atoms with Crippen LogP contribution in [0.15, 0.2) is 72.8 Å². The quantitative estimate of drug-likeness (QED) is 0.230. The molecule has 0 aliphatic rings. The monoisotopic (exact) mass is 432 g/mol. The van der Waals surface area contributed by atoms with Crippen molar-refractivity contribution in [3.63, 3.8) is 0 Å². The van der Waals surface area contributed by atoms with E-state index < -0.39 is 11.9 Å². The highest BCUT2D eigenvalue weighted by atomic mass is 16.5. The maximum Gasteiger partial charge on any atom is 0.343 e. The van der Waals surface area contributed by atoms with E-state index in [-0.39, 0.29) is 5.75 Å². The van der Waals surface area contributed by atoms with Gasteiger partial charge in [-0.1, -0.05) is 50.8 Å². The van der Waals surface area contributed by atoms with Crippen LogP contribution in [0.25, 0.3) is 0 Å². The summed E-state index contributed by atoms with van der Waals surface area (Å²) in [5, 5.41) is 9.31. The zero-order valence-electron chi connectivity index (χ0n) is 18.3. The number of aromatic hydroxyl groups is 1. The van der Waals surface area contributed by atoms with Crippen LogP contribution in [0.1, 0.15) is 65.3 Å². The molecule has 166 valence electrons. The normalized spacial score (nSPS) is 10.5. The molecule has 3 aromatic rings. The lowest BCUT2D eigenvalue weighted by atomic mass is 10.0. The molecule has 1 N–H and O–H groups in total. The smallest absolute Gasteiger partial charge is 0.343 e. The van der Waals surface area contributed by atoms with Gasteiger partial charge in [0.15, 0.2) is 0 Å². The molecule has 0 heterocycles. The van der Waals surface area contributed by atoms with Crippen molar-refractivity contribution in [3.8, 4) is 17.2 Å². The van der Waals surface area contributed by atoms with Crippen molar-refractivity contribution in [1.29, 1.82) is 0 Å². The number of ether oxygens (including phenoxy) is 2. The van der Waals surface area contributed by atoms with Gasteiger partial charge < -0.3 is 14.6 Å². The molecule has 5 nitrogen and oxygen atoms in total. The summed E-state index contributed by atoms with van der Waals surface area (Å²) in [6.45, 7) is 2.20. The molecule has 3 rings (SSSR count). The highest BCUT2D eigenvalue weighted by molar-refractivity contribution is 5.92. The molecule has 0 atom stereocenters. The fraction of sp³-hybridized carbons (Fsp3) is 0.259. The van der Waals surface area contributed by atoms with Crippen LogP contribution in [0, 0.1) is 0 Å². The fourth-order valence-corrected chi connectivity index (χ4v) is 3.31. The zero-order chi connectivity index (χ0) is 22.8. The highest BCUT2D eigenvalue weighted by Crippen LogP contribution is 2.23. The third kappa shape index (κ3) is 6.71. The van der Waals surface area contributed by atoms with E-state index in [1.54, 1.807) is 24.3 Å². The molecule has 0 spiro atoms. The number of hydrogen-bond acceptors (Lipinski definition) is 5. The maximum atomic E-state index is 12.6. The Hall–Kier alpha value is -3.60. The van der Waals surface area contributed by atoms with Gasteiger partial charge in [-0.15, -0.1) is 0 Å². The summed E-state index contributed by atoms with van der Waals surface area (Å²) in [5.41, 5.74) is 1.71. The average molecular weight is 433 g/mol. The molecule has 32 heavy (non-hydrogen) atoms. The van der Waals surface area contributed by atoms with Gasteiger partial charge in [0.2, 0.25) is 0 Å². The van der Waals surface area contributed by atoms with E-state index in [1.807, 2.05) is 24.3 Å². The Labute approximate surface area is 188 Å². The summed E-state index contributed by atoms with van der Waals surface area (Å²) in [6.07, 6.45) is 6.79. The summed E-state index contributed by atoms with van der Waals surface area (Å²) >= 11 is 0. The number of para-hydroxylation sites is 1. The van der Waals surface area contributed by atoms with E-state index in [4.69, 9.17) is 9.47 Å². The second-order valence-electron chi connectivity index (χ2n) is 7.62. The van der Waals surface area contributed by atoms with Crippen LogP contribution in [0.5, 0.6) is 17.2 Å². The van der Waals surface area contributed by atoms with Crippen molar-refractivity contribution in [1.82, 2.24) is 0 Å². The third-order valence-electron chi connectivity index (χ3n) is 5.13. The topological polar surface area (TPSA) is 72.8 Å². The van der Waals surface area contributed by atoms with Crippen molar-refractivity contribution in [3.05, 3.63) is 89.5 Å². The molecule has 5 heteroatoms. The zero-order valence-corrected chi connectivity index (χ0v) is 18.3. The van der Waals surface area contributed by atoms with E-state index >= 15 is 0 Å². The number of aryl methyl sites for hydroxylation is 1. The Bertz CT molecular complexity index is 1020. The molecule has 0 aliphatic carbocycles. The number of esters is 2. The molecule has 0 fully saturated rings. The van der Waals surface area contributed by atoms with E-state index in [2.05, 4.69) is 6.92 Å². The number of carbonyl (C=O) groups excluding carboxylic acids is 2. The Kier molecular flexibility index (Phi) is 8.44. The second-order valence-corrected chi connectivity index (χ2v) is 7.62. The van der Waals surface area contributed by atoms with Crippen LogP contribution in [-0.4, -0.2) is 17.0 Å². The lowest BCUT2D eigenvalue weighted by Gasteiger charge is -2.10. The molecule has 3 aromatic carbocycles. The molecule has 0 amide bonds. The fourth-order valence-electron chi connectivity index (χ4n) is 3.31. The van der Waals surface area contributed by atoms with Gasteiger partial charge in [-0.25, -0.2) is 9.59 Å². The van der Waals surface area contributed by atoms with Crippen LogP contribution in [0.4, 0.5) is 0 Å². The minimum absolute atomic E-state index is 0.0717. The average Bonchev–Trinajstić information content (AvgIpc) is 2.81. The first-order chi connectivity index (χ1) is 15.6. The minimum Gasteiger partial charge on any atom is -0.508 e. The number of rotatable bonds is 10. The van der Waals surface area contributed by atoms with Gasteiger partial charge in [0.1, 0.15) is 17.2 Å². The van der Waals surface area contributed by atoms with Gasteiger partial charge in [-0.3, -0.25) is 0 Å². The van der Waals surface area contributed by atoms with E-state index in [0.717, 1.165) is 18.4 Å². The standard InChI is InChI=1S/C27H28O5/c1-2-3-4-5-6-9-20-10-7-8-11-25(20)32-27(30)22-14-18-24(19-15-22)31-26(29)21-12-16-23(28)17-13-21/h7-8,10-19,28H,2-6,9H2,1H3. The van der Waals surface area contributed by atoms with E-state index in [9.17, 15) is 14.7 Å². The summed E-state index contributed by atoms with van der Waals surface area (Å²) in [7, 11) is 0.